The predicted molar refractivity (Wildman–Crippen MR) is 149 cm³/mol. The topological polar surface area (TPSA) is 85.4 Å². The molecule has 2 aromatic rings. The molecule has 2 aliphatic heterocycles. The quantitative estimate of drug-likeness (QED) is 0.284. The van der Waals surface area contributed by atoms with E-state index in [0.717, 1.165) is 23.3 Å². The zero-order chi connectivity index (χ0) is 30.9. The smallest absolute Gasteiger partial charge is 0.416 e. The van der Waals surface area contributed by atoms with Gasteiger partial charge in [0, 0.05) is 32.5 Å². The summed E-state index contributed by atoms with van der Waals surface area (Å²) in [5.41, 5.74) is -0.0993. The van der Waals surface area contributed by atoms with Crippen LogP contribution in [-0.4, -0.2) is 72.1 Å². The summed E-state index contributed by atoms with van der Waals surface area (Å²) in [6.07, 6.45) is -0.0338. The number of ether oxygens (including phenoxy) is 3. The second kappa shape index (κ2) is 10.1. The summed E-state index contributed by atoms with van der Waals surface area (Å²) in [4.78, 5) is 42.0. The van der Waals surface area contributed by atoms with Gasteiger partial charge >= 0.3 is 18.1 Å². The van der Waals surface area contributed by atoms with Crippen molar-refractivity contribution < 1.29 is 41.8 Å². The molecule has 8 nitrogen and oxygen atoms in total. The molecule has 2 heterocycles. The SMILES string of the molecule is CC(=O)Oc1ccc2c3c1O[C@H]1[C@H](N(C)C(=O)C=Cc4ccc(C(F)(F)F)cc4)CC[C@@]4(OC(C)=O)[C@@H](C2)N(C)CC[C@]314. The molecule has 0 radical (unpaired) electrons. The largest absolute Gasteiger partial charge is 0.483 e. The number of hydrogen-bond donors (Lipinski definition) is 0. The van der Waals surface area contributed by atoms with Gasteiger partial charge in [0.2, 0.25) is 5.91 Å². The first-order valence-corrected chi connectivity index (χ1v) is 14.3. The van der Waals surface area contributed by atoms with Crippen LogP contribution in [0.3, 0.4) is 0 Å². The number of amides is 1. The highest BCUT2D eigenvalue weighted by Crippen LogP contribution is 2.67. The van der Waals surface area contributed by atoms with Crippen molar-refractivity contribution in [3.05, 3.63) is 64.7 Å². The number of benzene rings is 2. The van der Waals surface area contributed by atoms with E-state index in [2.05, 4.69) is 4.90 Å². The van der Waals surface area contributed by atoms with E-state index in [0.29, 0.717) is 49.3 Å². The summed E-state index contributed by atoms with van der Waals surface area (Å²) < 4.78 is 57.5. The second-order valence-electron chi connectivity index (χ2n) is 12.0. The Balaban J connectivity index is 1.39. The number of carbonyl (C=O) groups is 3. The van der Waals surface area contributed by atoms with Crippen LogP contribution >= 0.6 is 0 Å². The van der Waals surface area contributed by atoms with Crippen LogP contribution in [0.2, 0.25) is 0 Å². The average molecular weight is 599 g/mol. The van der Waals surface area contributed by atoms with E-state index in [1.165, 1.54) is 38.1 Å². The Morgan fingerprint density at radius 2 is 1.79 bits per heavy atom. The number of piperidine rings is 1. The molecular formula is C32H33F3N2O6. The minimum atomic E-state index is -4.44. The molecule has 2 bridgehead atoms. The van der Waals surface area contributed by atoms with Crippen LogP contribution in [0.5, 0.6) is 11.5 Å². The fourth-order valence-electron chi connectivity index (χ4n) is 8.01. The van der Waals surface area contributed by atoms with Gasteiger partial charge in [-0.25, -0.2) is 0 Å². The number of carbonyl (C=O) groups excluding carboxylic acids is 3. The molecule has 2 aliphatic carbocycles. The number of nitrogens with zero attached hydrogens (tertiary/aromatic N) is 2. The molecular weight excluding hydrogens is 565 g/mol. The van der Waals surface area contributed by atoms with Gasteiger partial charge in [-0.3, -0.25) is 19.3 Å². The second-order valence-corrected chi connectivity index (χ2v) is 12.0. The molecule has 2 fully saturated rings. The van der Waals surface area contributed by atoms with Crippen molar-refractivity contribution in [3.8, 4) is 11.5 Å². The van der Waals surface area contributed by atoms with E-state index < -0.39 is 46.8 Å². The van der Waals surface area contributed by atoms with E-state index in [1.54, 1.807) is 18.0 Å². The van der Waals surface area contributed by atoms with Gasteiger partial charge in [0.15, 0.2) is 11.5 Å². The molecule has 1 saturated heterocycles. The number of likely N-dealkylation sites (N-methyl/N-ethyl adjacent to an activating group) is 2. The average Bonchev–Trinajstić information content (AvgIpc) is 3.29. The van der Waals surface area contributed by atoms with Crippen molar-refractivity contribution in [1.82, 2.24) is 9.80 Å². The number of likely N-dealkylation sites (tertiary alicyclic amines) is 1. The van der Waals surface area contributed by atoms with Gasteiger partial charge in [0.05, 0.1) is 23.1 Å². The zero-order valence-electron chi connectivity index (χ0n) is 24.4. The monoisotopic (exact) mass is 598 g/mol. The van der Waals surface area contributed by atoms with Crippen molar-refractivity contribution in [2.45, 2.75) is 74.9 Å². The lowest BCUT2D eigenvalue weighted by atomic mass is 9.48. The first-order chi connectivity index (χ1) is 20.3. The van der Waals surface area contributed by atoms with Gasteiger partial charge in [-0.05, 0) is 74.7 Å². The van der Waals surface area contributed by atoms with E-state index in [4.69, 9.17) is 14.2 Å². The van der Waals surface area contributed by atoms with Crippen LogP contribution in [-0.2, 0) is 37.1 Å². The van der Waals surface area contributed by atoms with Crippen LogP contribution in [0.1, 0.15) is 55.4 Å². The number of esters is 2. The first kappa shape index (κ1) is 29.2. The van der Waals surface area contributed by atoms with Gasteiger partial charge in [0.25, 0.3) is 0 Å². The Morgan fingerprint density at radius 1 is 1.07 bits per heavy atom. The molecule has 11 heteroatoms. The lowest BCUT2D eigenvalue weighted by Gasteiger charge is -2.65. The van der Waals surface area contributed by atoms with Crippen molar-refractivity contribution >= 4 is 23.9 Å². The minimum Gasteiger partial charge on any atom is -0.483 e. The van der Waals surface area contributed by atoms with Crippen molar-refractivity contribution in [3.63, 3.8) is 0 Å². The highest BCUT2D eigenvalue weighted by atomic mass is 19.4. The Hall–Kier alpha value is -3.86. The van der Waals surface area contributed by atoms with Gasteiger partial charge in [0.1, 0.15) is 11.7 Å². The molecule has 1 spiro atoms. The number of rotatable bonds is 5. The molecule has 0 unspecified atom stereocenters. The lowest BCUT2D eigenvalue weighted by molar-refractivity contribution is -0.220. The van der Waals surface area contributed by atoms with E-state index in [1.807, 2.05) is 13.1 Å². The summed E-state index contributed by atoms with van der Waals surface area (Å²) in [5.74, 6) is -0.493. The molecule has 1 amide bonds. The van der Waals surface area contributed by atoms with Gasteiger partial charge in [-0.2, -0.15) is 13.2 Å². The Labute approximate surface area is 247 Å². The molecule has 5 atom stereocenters. The highest BCUT2D eigenvalue weighted by molar-refractivity contribution is 5.92. The van der Waals surface area contributed by atoms with Crippen LogP contribution in [0.25, 0.3) is 6.08 Å². The minimum absolute atomic E-state index is 0.115. The normalized spacial score (nSPS) is 29.0. The molecule has 228 valence electrons. The summed E-state index contributed by atoms with van der Waals surface area (Å²) in [5, 5.41) is 0. The first-order valence-electron chi connectivity index (χ1n) is 14.3. The maximum Gasteiger partial charge on any atom is 0.416 e. The zero-order valence-corrected chi connectivity index (χ0v) is 24.4. The molecule has 2 aromatic carbocycles. The lowest BCUT2D eigenvalue weighted by Crippen LogP contribution is -2.78. The summed E-state index contributed by atoms with van der Waals surface area (Å²) in [6.45, 7) is 3.44. The van der Waals surface area contributed by atoms with Crippen LogP contribution in [0.15, 0.2) is 42.5 Å². The molecule has 4 aliphatic rings. The van der Waals surface area contributed by atoms with E-state index >= 15 is 0 Å². The molecule has 6 rings (SSSR count). The van der Waals surface area contributed by atoms with Gasteiger partial charge in [-0.15, -0.1) is 0 Å². The number of alkyl halides is 3. The maximum absolute atomic E-state index is 13.5. The fourth-order valence-corrected chi connectivity index (χ4v) is 8.01. The number of hydrogen-bond acceptors (Lipinski definition) is 7. The van der Waals surface area contributed by atoms with Crippen molar-refractivity contribution in [2.75, 3.05) is 20.6 Å². The third-order valence-electron chi connectivity index (χ3n) is 9.72. The number of halogens is 3. The fraction of sp³-hybridized carbons (Fsp3) is 0.469. The molecule has 0 N–H and O–H groups in total. The van der Waals surface area contributed by atoms with Gasteiger partial charge in [-0.1, -0.05) is 18.2 Å². The highest BCUT2D eigenvalue weighted by Gasteiger charge is 2.75. The summed E-state index contributed by atoms with van der Waals surface area (Å²) >= 11 is 0. The molecule has 0 aromatic heterocycles. The van der Waals surface area contributed by atoms with Crippen molar-refractivity contribution in [2.24, 2.45) is 0 Å². The van der Waals surface area contributed by atoms with Crippen molar-refractivity contribution in [1.29, 1.82) is 0 Å². The summed E-state index contributed by atoms with van der Waals surface area (Å²) in [6, 6.07) is 7.71. The van der Waals surface area contributed by atoms with Crippen LogP contribution in [0, 0.1) is 0 Å². The third kappa shape index (κ3) is 4.42. The Kier molecular flexibility index (Phi) is 6.87. The predicted octanol–water partition coefficient (Wildman–Crippen LogP) is 4.53. The Morgan fingerprint density at radius 3 is 2.44 bits per heavy atom. The van der Waals surface area contributed by atoms with Gasteiger partial charge < -0.3 is 19.1 Å². The van der Waals surface area contributed by atoms with Crippen LogP contribution in [0.4, 0.5) is 13.2 Å². The third-order valence-corrected chi connectivity index (χ3v) is 9.72. The van der Waals surface area contributed by atoms with E-state index in [-0.39, 0.29) is 11.9 Å². The maximum atomic E-state index is 13.5. The molecule has 1 saturated carbocycles. The summed E-state index contributed by atoms with van der Waals surface area (Å²) in [7, 11) is 3.70. The standard InChI is InChI=1S/C32H33F3N2O6/c1-18(38)41-24-11-8-21-17-25-31(43-19(2)39)14-13-23(29-30(31,15-16-36(25)3)27(21)28(24)42-29)37(4)26(40)12-7-20-5-9-22(10-6-20)32(33,34)35/h5-12,23,25,29H,13-17H2,1-4H3/t23-,25-,29+,30+,31-/m1/s1. The van der Waals surface area contributed by atoms with Crippen LogP contribution < -0.4 is 9.47 Å². The van der Waals surface area contributed by atoms with E-state index in [9.17, 15) is 27.6 Å². The Bertz CT molecular complexity index is 1520. The molecule has 43 heavy (non-hydrogen) atoms.